The Bertz CT molecular complexity index is 1170. The van der Waals surface area contributed by atoms with Crippen molar-refractivity contribution in [3.63, 3.8) is 0 Å². The first-order valence-electron chi connectivity index (χ1n) is 10.9. The first-order chi connectivity index (χ1) is 15.9. The lowest BCUT2D eigenvalue weighted by atomic mass is 10.1. The zero-order valence-electron chi connectivity index (χ0n) is 18.9. The second-order valence-corrected chi connectivity index (χ2v) is 8.26. The van der Waals surface area contributed by atoms with Gasteiger partial charge in [-0.1, -0.05) is 11.6 Å². The molecule has 0 aliphatic carbocycles. The van der Waals surface area contributed by atoms with E-state index in [1.807, 2.05) is 18.7 Å². The van der Waals surface area contributed by atoms with Gasteiger partial charge < -0.3 is 14.5 Å². The molecule has 3 aromatic rings. The number of esters is 1. The quantitative estimate of drug-likeness (QED) is 0.398. The topological polar surface area (TPSA) is 106 Å². The number of hydrogen-bond acceptors (Lipinski definition) is 8. The van der Waals surface area contributed by atoms with E-state index < -0.39 is 0 Å². The van der Waals surface area contributed by atoms with Crippen molar-refractivity contribution >= 4 is 35.1 Å². The number of nitrogens with zero attached hydrogens (tertiary/aromatic N) is 7. The highest BCUT2D eigenvalue weighted by Crippen LogP contribution is 2.26. The molecule has 0 saturated carbocycles. The molecule has 0 bridgehead atoms. The number of piperazine rings is 1. The van der Waals surface area contributed by atoms with E-state index in [0.717, 1.165) is 17.1 Å². The van der Waals surface area contributed by atoms with Crippen LogP contribution in [-0.4, -0.2) is 74.1 Å². The highest BCUT2D eigenvalue weighted by atomic mass is 35.5. The highest BCUT2D eigenvalue weighted by Gasteiger charge is 2.27. The Labute approximate surface area is 196 Å². The van der Waals surface area contributed by atoms with Crippen molar-refractivity contribution in [1.29, 1.82) is 0 Å². The molecule has 10 nitrogen and oxygen atoms in total. The van der Waals surface area contributed by atoms with Crippen molar-refractivity contribution in [2.24, 2.45) is 0 Å². The SMILES string of the molecule is CCOC(=O)CCc1c(C)nc2ncnn2c1N1CCN(C(=O)c2cc(C)nc(Cl)c2)CC1. The molecule has 0 spiro atoms. The predicted molar refractivity (Wildman–Crippen MR) is 123 cm³/mol. The van der Waals surface area contributed by atoms with Crippen LogP contribution in [0.15, 0.2) is 18.5 Å². The number of hydrogen-bond donors (Lipinski definition) is 0. The number of amides is 1. The van der Waals surface area contributed by atoms with Gasteiger partial charge in [0.05, 0.1) is 6.61 Å². The number of aromatic nitrogens is 5. The second kappa shape index (κ2) is 9.70. The van der Waals surface area contributed by atoms with Crippen LogP contribution >= 0.6 is 11.6 Å². The summed E-state index contributed by atoms with van der Waals surface area (Å²) in [5.41, 5.74) is 2.97. The Hall–Kier alpha value is -3.27. The minimum absolute atomic E-state index is 0.0682. The number of rotatable bonds is 6. The molecule has 33 heavy (non-hydrogen) atoms. The average molecular weight is 472 g/mol. The minimum Gasteiger partial charge on any atom is -0.466 e. The van der Waals surface area contributed by atoms with E-state index in [2.05, 4.69) is 25.0 Å². The summed E-state index contributed by atoms with van der Waals surface area (Å²) in [5.74, 6) is 1.04. The monoisotopic (exact) mass is 471 g/mol. The van der Waals surface area contributed by atoms with Gasteiger partial charge in [-0.05, 0) is 39.3 Å². The molecule has 0 N–H and O–H groups in total. The summed E-state index contributed by atoms with van der Waals surface area (Å²) in [5, 5.41) is 4.67. The third kappa shape index (κ3) is 4.90. The van der Waals surface area contributed by atoms with Crippen molar-refractivity contribution in [1.82, 2.24) is 29.5 Å². The zero-order chi connectivity index (χ0) is 23.5. The molecule has 1 saturated heterocycles. The van der Waals surface area contributed by atoms with Gasteiger partial charge in [-0.3, -0.25) is 9.59 Å². The third-order valence-corrected chi connectivity index (χ3v) is 5.82. The number of ether oxygens (including phenoxy) is 1. The van der Waals surface area contributed by atoms with Crippen LogP contribution in [0, 0.1) is 13.8 Å². The van der Waals surface area contributed by atoms with E-state index in [0.29, 0.717) is 61.4 Å². The molecule has 174 valence electrons. The molecule has 3 aromatic heterocycles. The van der Waals surface area contributed by atoms with Gasteiger partial charge in [-0.15, -0.1) is 0 Å². The van der Waals surface area contributed by atoms with E-state index in [1.54, 1.807) is 23.6 Å². The predicted octanol–water partition coefficient (Wildman–Crippen LogP) is 2.25. The summed E-state index contributed by atoms with van der Waals surface area (Å²) >= 11 is 6.04. The van der Waals surface area contributed by atoms with Gasteiger partial charge in [0.2, 0.25) is 0 Å². The van der Waals surface area contributed by atoms with Crippen LogP contribution < -0.4 is 4.90 Å². The van der Waals surface area contributed by atoms with E-state index in [4.69, 9.17) is 16.3 Å². The Kier molecular flexibility index (Phi) is 6.73. The molecular formula is C22H26ClN7O3. The van der Waals surface area contributed by atoms with Crippen molar-refractivity contribution in [2.45, 2.75) is 33.6 Å². The minimum atomic E-state index is -0.247. The first-order valence-corrected chi connectivity index (χ1v) is 11.3. The molecule has 1 aliphatic heterocycles. The number of anilines is 1. The Morgan fingerprint density at radius 3 is 2.58 bits per heavy atom. The Morgan fingerprint density at radius 1 is 1.12 bits per heavy atom. The van der Waals surface area contributed by atoms with Gasteiger partial charge in [-0.25, -0.2) is 9.97 Å². The van der Waals surface area contributed by atoms with Crippen LogP contribution in [0.1, 0.15) is 40.7 Å². The maximum Gasteiger partial charge on any atom is 0.306 e. The number of pyridine rings is 1. The molecule has 4 heterocycles. The number of fused-ring (bicyclic) bond motifs is 1. The van der Waals surface area contributed by atoms with Gasteiger partial charge in [0.25, 0.3) is 11.7 Å². The maximum atomic E-state index is 13.0. The molecule has 1 fully saturated rings. The second-order valence-electron chi connectivity index (χ2n) is 7.88. The van der Waals surface area contributed by atoms with Crippen molar-refractivity contribution in [2.75, 3.05) is 37.7 Å². The fraction of sp³-hybridized carbons (Fsp3) is 0.455. The van der Waals surface area contributed by atoms with Gasteiger partial charge in [-0.2, -0.15) is 14.6 Å². The lowest BCUT2D eigenvalue weighted by Crippen LogP contribution is -2.49. The summed E-state index contributed by atoms with van der Waals surface area (Å²) < 4.78 is 6.80. The fourth-order valence-corrected chi connectivity index (χ4v) is 4.35. The van der Waals surface area contributed by atoms with Gasteiger partial charge in [0.15, 0.2) is 0 Å². The van der Waals surface area contributed by atoms with Crippen molar-refractivity contribution < 1.29 is 14.3 Å². The van der Waals surface area contributed by atoms with Crippen LogP contribution in [0.5, 0.6) is 0 Å². The number of carbonyl (C=O) groups excluding carboxylic acids is 2. The standard InChI is InChI=1S/C22H26ClN7O3/c1-4-33-19(31)6-5-17-15(3)27-22-24-13-25-30(22)20(17)28-7-9-29(10-8-28)21(32)16-11-14(2)26-18(23)12-16/h11-13H,4-10H2,1-3H3. The summed E-state index contributed by atoms with van der Waals surface area (Å²) in [6.07, 6.45) is 2.20. The number of halogens is 1. The van der Waals surface area contributed by atoms with Gasteiger partial charge in [0, 0.05) is 55.1 Å². The summed E-state index contributed by atoms with van der Waals surface area (Å²) in [6, 6.07) is 3.35. The maximum absolute atomic E-state index is 13.0. The van der Waals surface area contributed by atoms with E-state index >= 15 is 0 Å². The van der Waals surface area contributed by atoms with E-state index in [1.165, 1.54) is 6.33 Å². The van der Waals surface area contributed by atoms with Crippen LogP contribution in [0.4, 0.5) is 5.82 Å². The van der Waals surface area contributed by atoms with Crippen LogP contribution in [-0.2, 0) is 16.0 Å². The van der Waals surface area contributed by atoms with E-state index in [-0.39, 0.29) is 18.3 Å². The molecule has 11 heteroatoms. The summed E-state index contributed by atoms with van der Waals surface area (Å²) in [6.45, 7) is 8.15. The number of carbonyl (C=O) groups is 2. The molecular weight excluding hydrogens is 446 g/mol. The van der Waals surface area contributed by atoms with Crippen LogP contribution in [0.25, 0.3) is 5.78 Å². The highest BCUT2D eigenvalue weighted by molar-refractivity contribution is 6.29. The average Bonchev–Trinajstić information content (AvgIpc) is 3.24. The van der Waals surface area contributed by atoms with Crippen LogP contribution in [0.2, 0.25) is 5.15 Å². The zero-order valence-corrected chi connectivity index (χ0v) is 19.7. The molecule has 0 aromatic carbocycles. The Balaban J connectivity index is 1.56. The molecule has 1 amide bonds. The van der Waals surface area contributed by atoms with Gasteiger partial charge >= 0.3 is 5.97 Å². The lowest BCUT2D eigenvalue weighted by molar-refractivity contribution is -0.143. The summed E-state index contributed by atoms with van der Waals surface area (Å²) in [7, 11) is 0. The normalized spacial score (nSPS) is 14.1. The molecule has 0 atom stereocenters. The first kappa shape index (κ1) is 22.9. The molecule has 0 unspecified atom stereocenters. The molecule has 0 radical (unpaired) electrons. The van der Waals surface area contributed by atoms with Crippen molar-refractivity contribution in [3.8, 4) is 0 Å². The smallest absolute Gasteiger partial charge is 0.306 e. The Morgan fingerprint density at radius 2 is 1.88 bits per heavy atom. The number of aryl methyl sites for hydroxylation is 2. The lowest BCUT2D eigenvalue weighted by Gasteiger charge is -2.37. The van der Waals surface area contributed by atoms with E-state index in [9.17, 15) is 9.59 Å². The fourth-order valence-electron chi connectivity index (χ4n) is 4.10. The largest absolute Gasteiger partial charge is 0.466 e. The van der Waals surface area contributed by atoms with Gasteiger partial charge in [0.1, 0.15) is 17.3 Å². The molecule has 4 rings (SSSR count). The van der Waals surface area contributed by atoms with Crippen LogP contribution in [0.3, 0.4) is 0 Å². The summed E-state index contributed by atoms with van der Waals surface area (Å²) in [4.78, 5) is 41.9. The molecule has 1 aliphatic rings. The van der Waals surface area contributed by atoms with Crippen molar-refractivity contribution in [3.05, 3.63) is 46.1 Å². The third-order valence-electron chi connectivity index (χ3n) is 5.62.